The zero-order chi connectivity index (χ0) is 18.5. The minimum Gasteiger partial charge on any atom is -0.357 e. The van der Waals surface area contributed by atoms with Crippen molar-refractivity contribution in [3.63, 3.8) is 0 Å². The summed E-state index contributed by atoms with van der Waals surface area (Å²) in [5.74, 6) is 2.16. The van der Waals surface area contributed by atoms with Crippen molar-refractivity contribution in [2.24, 2.45) is 4.99 Å². The third-order valence-corrected chi connectivity index (χ3v) is 4.96. The summed E-state index contributed by atoms with van der Waals surface area (Å²) in [6.45, 7) is 8.56. The van der Waals surface area contributed by atoms with Crippen LogP contribution in [0.15, 0.2) is 11.3 Å². The van der Waals surface area contributed by atoms with Crippen LogP contribution in [0.1, 0.15) is 45.4 Å². The summed E-state index contributed by atoms with van der Waals surface area (Å²) >= 11 is 0. The molecule has 0 bridgehead atoms. The first-order valence-corrected chi connectivity index (χ1v) is 10.5. The van der Waals surface area contributed by atoms with Crippen LogP contribution >= 0.6 is 24.0 Å². The van der Waals surface area contributed by atoms with Crippen molar-refractivity contribution in [2.75, 3.05) is 32.4 Å². The number of hydrogen-bond acceptors (Lipinski definition) is 5. The van der Waals surface area contributed by atoms with Gasteiger partial charge in [0.25, 0.3) is 0 Å². The van der Waals surface area contributed by atoms with E-state index < -0.39 is 15.6 Å². The van der Waals surface area contributed by atoms with Crippen molar-refractivity contribution in [1.29, 1.82) is 0 Å². The second-order valence-electron chi connectivity index (χ2n) is 7.06. The number of nitrogens with zero attached hydrogens (tertiary/aromatic N) is 4. The van der Waals surface area contributed by atoms with Crippen LogP contribution in [-0.4, -0.2) is 72.4 Å². The Hall–Kier alpha value is -0.950. The Labute approximate surface area is 172 Å². The first-order valence-electron chi connectivity index (χ1n) is 8.57. The molecule has 1 aromatic rings. The quantitative estimate of drug-likeness (QED) is 0.304. The number of hydrogen-bond donors (Lipinski definition) is 3. The van der Waals surface area contributed by atoms with E-state index in [1.165, 1.54) is 0 Å². The molecule has 11 heteroatoms. The van der Waals surface area contributed by atoms with Crippen LogP contribution in [-0.2, 0) is 10.0 Å². The van der Waals surface area contributed by atoms with E-state index in [1.807, 2.05) is 20.8 Å². The van der Waals surface area contributed by atoms with Crippen LogP contribution in [0.4, 0.5) is 0 Å². The fourth-order valence-electron chi connectivity index (χ4n) is 3.01. The maximum atomic E-state index is 11.5. The van der Waals surface area contributed by atoms with Gasteiger partial charge in [-0.15, -0.1) is 24.0 Å². The molecule has 0 unspecified atom stereocenters. The predicted octanol–water partition coefficient (Wildman–Crippen LogP) is 0.895. The second kappa shape index (κ2) is 9.83. The lowest BCUT2D eigenvalue weighted by Gasteiger charge is -2.34. The Kier molecular flexibility index (Phi) is 8.73. The number of H-pyrrole nitrogens is 1. The molecule has 150 valence electrons. The van der Waals surface area contributed by atoms with Gasteiger partial charge in [0.1, 0.15) is 12.2 Å². The number of guanidine groups is 1. The first-order chi connectivity index (χ1) is 11.7. The molecule has 0 aromatic carbocycles. The maximum absolute atomic E-state index is 11.5. The van der Waals surface area contributed by atoms with Crippen molar-refractivity contribution >= 4 is 40.0 Å². The lowest BCUT2D eigenvalue weighted by molar-refractivity contribution is 0.298. The van der Waals surface area contributed by atoms with Crippen LogP contribution < -0.4 is 10.0 Å². The molecule has 1 fully saturated rings. The minimum atomic E-state index is -3.27. The van der Waals surface area contributed by atoms with Gasteiger partial charge < -0.3 is 10.2 Å². The fraction of sp³-hybridized carbons (Fsp3) is 0.800. The molecular formula is C15H30IN7O2S. The van der Waals surface area contributed by atoms with Gasteiger partial charge in [0.15, 0.2) is 5.96 Å². The summed E-state index contributed by atoms with van der Waals surface area (Å²) in [6, 6.07) is 0. The lowest BCUT2D eigenvalue weighted by atomic mass is 9.96. The highest BCUT2D eigenvalue weighted by Crippen LogP contribution is 2.25. The number of aromatic nitrogens is 3. The summed E-state index contributed by atoms with van der Waals surface area (Å²) in [5, 5.41) is 10.2. The Morgan fingerprint density at radius 2 is 2.08 bits per heavy atom. The Balaban J connectivity index is 0.00000338. The lowest BCUT2D eigenvalue weighted by Crippen LogP contribution is -2.48. The Morgan fingerprint density at radius 1 is 1.42 bits per heavy atom. The van der Waals surface area contributed by atoms with E-state index in [0.29, 0.717) is 12.5 Å². The van der Waals surface area contributed by atoms with Crippen LogP contribution in [0.3, 0.4) is 0 Å². The summed E-state index contributed by atoms with van der Waals surface area (Å²) in [4.78, 5) is 11.1. The molecular weight excluding hydrogens is 469 g/mol. The van der Waals surface area contributed by atoms with E-state index in [4.69, 9.17) is 0 Å². The van der Waals surface area contributed by atoms with Crippen LogP contribution in [0.2, 0.25) is 0 Å². The second-order valence-corrected chi connectivity index (χ2v) is 8.81. The van der Waals surface area contributed by atoms with E-state index >= 15 is 0 Å². The maximum Gasteiger partial charge on any atom is 0.209 e. The van der Waals surface area contributed by atoms with Crippen LogP contribution in [0.5, 0.6) is 0 Å². The minimum absolute atomic E-state index is 0. The first kappa shape index (κ1) is 23.1. The van der Waals surface area contributed by atoms with Crippen molar-refractivity contribution in [3.8, 4) is 0 Å². The molecule has 2 heterocycles. The van der Waals surface area contributed by atoms with Gasteiger partial charge >= 0.3 is 0 Å². The number of aliphatic imine (C=N–C) groups is 1. The zero-order valence-corrected chi connectivity index (χ0v) is 19.0. The molecule has 3 N–H and O–H groups in total. The molecule has 1 aliphatic heterocycles. The largest absolute Gasteiger partial charge is 0.357 e. The Morgan fingerprint density at radius 3 is 2.58 bits per heavy atom. The standard InChI is InChI=1S/C15H29N7O2S.HI/c1-5-16-14(17-10-15(2,3)21-25(4,23)24)22-8-6-12(7-9-22)13-18-11-19-20-13;/h11-12,21H,5-10H2,1-4H3,(H,16,17)(H,18,19,20);1H. The van der Waals surface area contributed by atoms with Gasteiger partial charge in [-0.2, -0.15) is 5.10 Å². The normalized spacial score (nSPS) is 17.1. The third kappa shape index (κ3) is 7.35. The molecule has 0 atom stereocenters. The van der Waals surface area contributed by atoms with Gasteiger partial charge in [0.2, 0.25) is 10.0 Å². The number of rotatable bonds is 6. The molecule has 0 spiro atoms. The zero-order valence-electron chi connectivity index (χ0n) is 15.8. The van der Waals surface area contributed by atoms with E-state index in [-0.39, 0.29) is 24.0 Å². The fourth-order valence-corrected chi connectivity index (χ4v) is 4.08. The SMILES string of the molecule is CCNC(=NCC(C)(C)NS(C)(=O)=O)N1CCC(c2ncn[nH]2)CC1.I. The van der Waals surface area contributed by atoms with Crippen molar-refractivity contribution in [3.05, 3.63) is 12.2 Å². The van der Waals surface area contributed by atoms with Gasteiger partial charge in [-0.1, -0.05) is 0 Å². The highest BCUT2D eigenvalue weighted by Gasteiger charge is 2.26. The van der Waals surface area contributed by atoms with Gasteiger partial charge in [-0.3, -0.25) is 10.1 Å². The van der Waals surface area contributed by atoms with Crippen molar-refractivity contribution < 1.29 is 8.42 Å². The molecule has 9 nitrogen and oxygen atoms in total. The average molecular weight is 499 g/mol. The van der Waals surface area contributed by atoms with Crippen molar-refractivity contribution in [1.82, 2.24) is 30.1 Å². The molecule has 1 saturated heterocycles. The van der Waals surface area contributed by atoms with Gasteiger partial charge in [0, 0.05) is 31.1 Å². The van der Waals surface area contributed by atoms with Crippen molar-refractivity contribution in [2.45, 2.75) is 45.1 Å². The summed E-state index contributed by atoms with van der Waals surface area (Å²) in [6.07, 6.45) is 4.66. The number of piperidine rings is 1. The molecule has 26 heavy (non-hydrogen) atoms. The molecule has 0 radical (unpaired) electrons. The number of nitrogens with one attached hydrogen (secondary N) is 3. The predicted molar refractivity (Wildman–Crippen MR) is 113 cm³/mol. The van der Waals surface area contributed by atoms with Crippen LogP contribution in [0.25, 0.3) is 0 Å². The van der Waals surface area contributed by atoms with E-state index in [1.54, 1.807) is 6.33 Å². The topological polar surface area (TPSA) is 115 Å². The third-order valence-electron chi connectivity index (χ3n) is 4.04. The van der Waals surface area contributed by atoms with E-state index in [0.717, 1.165) is 50.5 Å². The van der Waals surface area contributed by atoms with E-state index in [2.05, 4.69) is 35.1 Å². The number of sulfonamides is 1. The van der Waals surface area contributed by atoms with Crippen LogP contribution in [0, 0.1) is 0 Å². The summed E-state index contributed by atoms with van der Waals surface area (Å²) < 4.78 is 25.6. The Bertz CT molecular complexity index is 668. The van der Waals surface area contributed by atoms with Gasteiger partial charge in [-0.25, -0.2) is 18.1 Å². The molecule has 1 aliphatic rings. The van der Waals surface area contributed by atoms with Gasteiger partial charge in [-0.05, 0) is 33.6 Å². The monoisotopic (exact) mass is 499 g/mol. The van der Waals surface area contributed by atoms with Gasteiger partial charge in [0.05, 0.1) is 12.8 Å². The molecule has 1 aromatic heterocycles. The molecule has 0 aliphatic carbocycles. The molecule has 2 rings (SSSR count). The number of halogens is 1. The van der Waals surface area contributed by atoms with E-state index in [9.17, 15) is 8.42 Å². The number of aromatic amines is 1. The number of likely N-dealkylation sites (tertiary alicyclic amines) is 1. The summed E-state index contributed by atoms with van der Waals surface area (Å²) in [7, 11) is -3.27. The average Bonchev–Trinajstić information content (AvgIpc) is 3.04. The highest BCUT2D eigenvalue weighted by atomic mass is 127. The summed E-state index contributed by atoms with van der Waals surface area (Å²) in [5.41, 5.74) is -0.633. The molecule has 0 amide bonds. The smallest absolute Gasteiger partial charge is 0.209 e. The molecule has 0 saturated carbocycles. The highest BCUT2D eigenvalue weighted by molar-refractivity contribution is 14.0.